The summed E-state index contributed by atoms with van der Waals surface area (Å²) in [6.07, 6.45) is 4.32. The number of hydrogen-bond acceptors (Lipinski definition) is 3. The summed E-state index contributed by atoms with van der Waals surface area (Å²) >= 11 is 0. The monoisotopic (exact) mass is 139 g/mol. The zero-order valence-corrected chi connectivity index (χ0v) is 6.70. The SMILES string of the molecule is CC.CC1=CN=NN=CC1. The molecular formula is C7H13N3. The van der Waals surface area contributed by atoms with Gasteiger partial charge in [0.05, 0.1) is 6.20 Å². The molecular weight excluding hydrogens is 126 g/mol. The van der Waals surface area contributed by atoms with Gasteiger partial charge in [0.1, 0.15) is 0 Å². The van der Waals surface area contributed by atoms with Crippen molar-refractivity contribution in [1.82, 2.24) is 0 Å². The molecule has 0 atom stereocenters. The first-order valence-corrected chi connectivity index (χ1v) is 3.47. The summed E-state index contributed by atoms with van der Waals surface area (Å²) in [6, 6.07) is 0. The second-order valence-corrected chi connectivity index (χ2v) is 1.68. The summed E-state index contributed by atoms with van der Waals surface area (Å²) in [5.41, 5.74) is 1.19. The Morgan fingerprint density at radius 3 is 2.80 bits per heavy atom. The summed E-state index contributed by atoms with van der Waals surface area (Å²) < 4.78 is 0. The predicted octanol–water partition coefficient (Wildman–Crippen LogP) is 2.76. The molecule has 0 aromatic rings. The van der Waals surface area contributed by atoms with Crippen LogP contribution in [0.4, 0.5) is 0 Å². The molecule has 0 bridgehead atoms. The van der Waals surface area contributed by atoms with Crippen LogP contribution in [-0.2, 0) is 0 Å². The zero-order chi connectivity index (χ0) is 7.82. The molecule has 0 unspecified atom stereocenters. The van der Waals surface area contributed by atoms with Gasteiger partial charge < -0.3 is 0 Å². The molecule has 1 heterocycles. The van der Waals surface area contributed by atoms with Gasteiger partial charge in [0, 0.05) is 12.6 Å². The standard InChI is InChI=1S/C5H7N3.C2H6/c1-5-2-3-6-8-7-4-5;1-2/h3-4H,2H2,1H3;1-2H3. The first-order valence-electron chi connectivity index (χ1n) is 3.47. The fraction of sp³-hybridized carbons (Fsp3) is 0.571. The Bertz CT molecular complexity index is 156. The third-order valence-electron chi connectivity index (χ3n) is 0.876. The Morgan fingerprint density at radius 1 is 1.40 bits per heavy atom. The van der Waals surface area contributed by atoms with Crippen molar-refractivity contribution >= 4 is 6.21 Å². The van der Waals surface area contributed by atoms with Crippen molar-refractivity contribution in [2.45, 2.75) is 27.2 Å². The van der Waals surface area contributed by atoms with E-state index in [0.717, 1.165) is 6.42 Å². The molecule has 0 fully saturated rings. The van der Waals surface area contributed by atoms with E-state index in [9.17, 15) is 0 Å². The highest BCUT2D eigenvalue weighted by Gasteiger charge is 1.86. The van der Waals surface area contributed by atoms with Gasteiger partial charge in [-0.1, -0.05) is 13.8 Å². The van der Waals surface area contributed by atoms with Gasteiger partial charge in [-0.15, -0.1) is 10.2 Å². The van der Waals surface area contributed by atoms with Crippen LogP contribution in [0.1, 0.15) is 27.2 Å². The van der Waals surface area contributed by atoms with Gasteiger partial charge in [-0.25, -0.2) is 0 Å². The fourth-order valence-corrected chi connectivity index (χ4v) is 0.428. The van der Waals surface area contributed by atoms with Crippen LogP contribution in [0.15, 0.2) is 27.2 Å². The molecule has 3 heteroatoms. The molecule has 0 aromatic carbocycles. The molecule has 3 nitrogen and oxygen atoms in total. The molecule has 1 aliphatic rings. The minimum Gasteiger partial charge on any atom is -0.143 e. The van der Waals surface area contributed by atoms with E-state index in [1.807, 2.05) is 20.8 Å². The van der Waals surface area contributed by atoms with Crippen LogP contribution < -0.4 is 0 Å². The van der Waals surface area contributed by atoms with Crippen LogP contribution in [0.3, 0.4) is 0 Å². The Labute approximate surface area is 61.6 Å². The van der Waals surface area contributed by atoms with E-state index in [2.05, 4.69) is 15.4 Å². The third-order valence-corrected chi connectivity index (χ3v) is 0.876. The first-order chi connectivity index (χ1) is 4.89. The number of allylic oxidation sites excluding steroid dienone is 1. The molecule has 0 radical (unpaired) electrons. The topological polar surface area (TPSA) is 37.1 Å². The first kappa shape index (κ1) is 9.01. The maximum atomic E-state index is 3.62. The summed E-state index contributed by atoms with van der Waals surface area (Å²) in [5, 5.41) is 10.7. The Morgan fingerprint density at radius 2 is 2.10 bits per heavy atom. The molecule has 0 N–H and O–H groups in total. The number of rotatable bonds is 0. The van der Waals surface area contributed by atoms with E-state index >= 15 is 0 Å². The van der Waals surface area contributed by atoms with Crippen LogP contribution in [0.5, 0.6) is 0 Å². The van der Waals surface area contributed by atoms with E-state index in [0.29, 0.717) is 0 Å². The van der Waals surface area contributed by atoms with Gasteiger partial charge in [-0.2, -0.15) is 0 Å². The van der Waals surface area contributed by atoms with Crippen LogP contribution in [0.2, 0.25) is 0 Å². The zero-order valence-electron chi connectivity index (χ0n) is 6.70. The molecule has 56 valence electrons. The summed E-state index contributed by atoms with van der Waals surface area (Å²) in [6.45, 7) is 6.00. The average Bonchev–Trinajstić information content (AvgIpc) is 2.21. The van der Waals surface area contributed by atoms with Gasteiger partial charge >= 0.3 is 0 Å². The highest BCUT2D eigenvalue weighted by molar-refractivity contribution is 5.60. The van der Waals surface area contributed by atoms with Crippen molar-refractivity contribution in [3.63, 3.8) is 0 Å². The molecule has 0 aromatic heterocycles. The largest absolute Gasteiger partial charge is 0.143 e. The van der Waals surface area contributed by atoms with E-state index in [-0.39, 0.29) is 0 Å². The summed E-state index contributed by atoms with van der Waals surface area (Å²) in [4.78, 5) is 0. The van der Waals surface area contributed by atoms with Crippen molar-refractivity contribution in [2.24, 2.45) is 15.4 Å². The van der Waals surface area contributed by atoms with E-state index in [1.54, 1.807) is 12.4 Å². The molecule has 0 aliphatic carbocycles. The quantitative estimate of drug-likeness (QED) is 0.495. The van der Waals surface area contributed by atoms with Crippen molar-refractivity contribution < 1.29 is 0 Å². The summed E-state index contributed by atoms with van der Waals surface area (Å²) in [7, 11) is 0. The van der Waals surface area contributed by atoms with E-state index in [1.165, 1.54) is 5.57 Å². The average molecular weight is 139 g/mol. The van der Waals surface area contributed by atoms with Crippen LogP contribution >= 0.6 is 0 Å². The van der Waals surface area contributed by atoms with Gasteiger partial charge in [-0.3, -0.25) is 0 Å². The molecule has 1 aliphatic heterocycles. The van der Waals surface area contributed by atoms with Crippen LogP contribution in [0.25, 0.3) is 0 Å². The third kappa shape index (κ3) is 3.95. The molecule has 0 saturated carbocycles. The minimum atomic E-state index is 0.868. The Hall–Kier alpha value is -0.990. The normalized spacial score (nSPS) is 14.9. The molecule has 0 amide bonds. The van der Waals surface area contributed by atoms with Gasteiger partial charge in [0.25, 0.3) is 0 Å². The second-order valence-electron chi connectivity index (χ2n) is 1.68. The van der Waals surface area contributed by atoms with Gasteiger partial charge in [-0.05, 0) is 17.7 Å². The number of nitrogens with zero attached hydrogens (tertiary/aromatic N) is 3. The van der Waals surface area contributed by atoms with Gasteiger partial charge in [0.15, 0.2) is 0 Å². The smallest absolute Gasteiger partial charge is 0.0506 e. The Balaban J connectivity index is 0.000000371. The van der Waals surface area contributed by atoms with E-state index < -0.39 is 0 Å². The lowest BCUT2D eigenvalue weighted by atomic mass is 10.2. The summed E-state index contributed by atoms with van der Waals surface area (Å²) in [5.74, 6) is 0. The molecule has 10 heavy (non-hydrogen) atoms. The maximum absolute atomic E-state index is 3.62. The van der Waals surface area contributed by atoms with Gasteiger partial charge in [0.2, 0.25) is 0 Å². The second kappa shape index (κ2) is 6.13. The molecule has 0 spiro atoms. The highest BCUT2D eigenvalue weighted by Crippen LogP contribution is 2.00. The van der Waals surface area contributed by atoms with Crippen molar-refractivity contribution in [1.29, 1.82) is 0 Å². The fourth-order valence-electron chi connectivity index (χ4n) is 0.428. The van der Waals surface area contributed by atoms with Crippen molar-refractivity contribution in [3.05, 3.63) is 11.8 Å². The van der Waals surface area contributed by atoms with Crippen molar-refractivity contribution in [2.75, 3.05) is 0 Å². The maximum Gasteiger partial charge on any atom is 0.0506 e. The lowest BCUT2D eigenvalue weighted by Crippen LogP contribution is -1.73. The molecule has 1 rings (SSSR count). The van der Waals surface area contributed by atoms with Crippen LogP contribution in [0, 0.1) is 0 Å². The van der Waals surface area contributed by atoms with Crippen LogP contribution in [-0.4, -0.2) is 6.21 Å². The minimum absolute atomic E-state index is 0.868. The lowest BCUT2D eigenvalue weighted by Gasteiger charge is -1.83. The molecule has 0 saturated heterocycles. The lowest BCUT2D eigenvalue weighted by molar-refractivity contribution is 1.07. The predicted molar refractivity (Wildman–Crippen MR) is 43.1 cm³/mol. The number of hydrogen-bond donors (Lipinski definition) is 0. The highest BCUT2D eigenvalue weighted by atomic mass is 15.4. The van der Waals surface area contributed by atoms with Crippen molar-refractivity contribution in [3.8, 4) is 0 Å². The van der Waals surface area contributed by atoms with E-state index in [4.69, 9.17) is 0 Å². The Kier molecular flexibility index (Phi) is 5.53.